The lowest BCUT2D eigenvalue weighted by atomic mass is 10.0. The number of rotatable bonds is 3. The van der Waals surface area contributed by atoms with Crippen LogP contribution < -0.4 is 5.73 Å². The maximum absolute atomic E-state index is 5.61. The molecule has 0 spiro atoms. The minimum Gasteiger partial charge on any atom is -0.355 e. The molecule has 0 radical (unpaired) electrons. The van der Waals surface area contributed by atoms with Crippen molar-refractivity contribution in [1.82, 2.24) is 5.16 Å². The molecule has 3 rings (SSSR count). The summed E-state index contributed by atoms with van der Waals surface area (Å²) in [5.41, 5.74) is 9.54. The Morgan fingerprint density at radius 2 is 1.83 bits per heavy atom. The van der Waals surface area contributed by atoms with E-state index in [4.69, 9.17) is 10.3 Å². The summed E-state index contributed by atoms with van der Waals surface area (Å²) >= 11 is 0. The van der Waals surface area contributed by atoms with Crippen molar-refractivity contribution in [3.05, 3.63) is 54.1 Å². The van der Waals surface area contributed by atoms with E-state index in [-0.39, 0.29) is 0 Å². The molecule has 0 bridgehead atoms. The molecule has 3 nitrogen and oxygen atoms in total. The maximum Gasteiger partial charge on any atom is 0.170 e. The van der Waals surface area contributed by atoms with Gasteiger partial charge >= 0.3 is 0 Å². The zero-order chi connectivity index (χ0) is 12.4. The average molecular weight is 238 g/mol. The summed E-state index contributed by atoms with van der Waals surface area (Å²) in [6.45, 7) is 0.612. The summed E-state index contributed by atoms with van der Waals surface area (Å²) in [6.07, 6.45) is 0.806. The minimum absolute atomic E-state index is 0.612. The van der Waals surface area contributed by atoms with Crippen molar-refractivity contribution in [2.75, 3.05) is 6.54 Å². The normalized spacial score (nSPS) is 10.9. The Morgan fingerprint density at radius 3 is 2.61 bits per heavy atom. The highest BCUT2D eigenvalue weighted by atomic mass is 16.5. The fourth-order valence-corrected chi connectivity index (χ4v) is 2.18. The number of nitrogens with zero attached hydrogens (tertiary/aromatic N) is 1. The first-order chi connectivity index (χ1) is 8.90. The van der Waals surface area contributed by atoms with Crippen LogP contribution in [0.1, 0.15) is 5.56 Å². The van der Waals surface area contributed by atoms with Gasteiger partial charge in [0.05, 0.1) is 0 Å². The van der Waals surface area contributed by atoms with Gasteiger partial charge in [0.1, 0.15) is 5.69 Å². The van der Waals surface area contributed by atoms with Gasteiger partial charge in [0.25, 0.3) is 0 Å². The van der Waals surface area contributed by atoms with Gasteiger partial charge in [-0.05, 0) is 24.6 Å². The molecule has 0 fully saturated rings. The molecule has 90 valence electrons. The third kappa shape index (κ3) is 1.79. The molecular formula is C15H14N2O. The first-order valence-electron chi connectivity index (χ1n) is 6.03. The van der Waals surface area contributed by atoms with Crippen molar-refractivity contribution in [2.24, 2.45) is 5.73 Å². The number of aromatic nitrogens is 1. The minimum atomic E-state index is 0.612. The summed E-state index contributed by atoms with van der Waals surface area (Å²) in [6, 6.07) is 16.2. The van der Waals surface area contributed by atoms with Gasteiger partial charge in [-0.25, -0.2) is 0 Å². The Hall–Kier alpha value is -2.13. The highest BCUT2D eigenvalue weighted by Gasteiger charge is 2.12. The predicted molar refractivity (Wildman–Crippen MR) is 72.2 cm³/mol. The van der Waals surface area contributed by atoms with Gasteiger partial charge in [-0.3, -0.25) is 0 Å². The largest absolute Gasteiger partial charge is 0.355 e. The Morgan fingerprint density at radius 1 is 1.00 bits per heavy atom. The molecule has 1 heterocycles. The van der Waals surface area contributed by atoms with E-state index in [9.17, 15) is 0 Å². The molecular weight excluding hydrogens is 224 g/mol. The Kier molecular flexibility index (Phi) is 2.82. The van der Waals surface area contributed by atoms with Crippen molar-refractivity contribution < 1.29 is 4.52 Å². The molecule has 0 unspecified atom stereocenters. The van der Waals surface area contributed by atoms with Crippen LogP contribution in [0, 0.1) is 0 Å². The lowest BCUT2D eigenvalue weighted by Gasteiger charge is -1.99. The summed E-state index contributed by atoms with van der Waals surface area (Å²) < 4.78 is 5.48. The van der Waals surface area contributed by atoms with E-state index in [1.54, 1.807) is 0 Å². The van der Waals surface area contributed by atoms with Crippen molar-refractivity contribution in [1.29, 1.82) is 0 Å². The summed E-state index contributed by atoms with van der Waals surface area (Å²) in [5, 5.41) is 5.24. The second-order valence-electron chi connectivity index (χ2n) is 4.23. The molecule has 2 N–H and O–H groups in total. The van der Waals surface area contributed by atoms with Crippen molar-refractivity contribution in [3.63, 3.8) is 0 Å². The van der Waals surface area contributed by atoms with Gasteiger partial charge in [0.2, 0.25) is 0 Å². The van der Waals surface area contributed by atoms with Gasteiger partial charge in [0.15, 0.2) is 5.58 Å². The van der Waals surface area contributed by atoms with Crippen LogP contribution in [0.3, 0.4) is 0 Å². The van der Waals surface area contributed by atoms with E-state index in [0.29, 0.717) is 6.54 Å². The van der Waals surface area contributed by atoms with Crippen LogP contribution in [-0.4, -0.2) is 11.7 Å². The van der Waals surface area contributed by atoms with Gasteiger partial charge in [-0.15, -0.1) is 0 Å². The zero-order valence-electron chi connectivity index (χ0n) is 9.97. The molecule has 3 aromatic rings. The van der Waals surface area contributed by atoms with Gasteiger partial charge in [-0.1, -0.05) is 47.6 Å². The van der Waals surface area contributed by atoms with Gasteiger partial charge in [0, 0.05) is 10.9 Å². The summed E-state index contributed by atoms with van der Waals surface area (Å²) in [4.78, 5) is 0. The molecule has 1 aromatic heterocycles. The maximum atomic E-state index is 5.61. The fraction of sp³-hybridized carbons (Fsp3) is 0.133. The highest BCUT2D eigenvalue weighted by Crippen LogP contribution is 2.29. The van der Waals surface area contributed by atoms with E-state index in [0.717, 1.165) is 34.2 Å². The Bertz CT molecular complexity index is 659. The fourth-order valence-electron chi connectivity index (χ4n) is 2.18. The summed E-state index contributed by atoms with van der Waals surface area (Å²) in [5.74, 6) is 0. The third-order valence-electron chi connectivity index (χ3n) is 3.04. The van der Waals surface area contributed by atoms with E-state index in [1.165, 1.54) is 0 Å². The van der Waals surface area contributed by atoms with E-state index < -0.39 is 0 Å². The second-order valence-corrected chi connectivity index (χ2v) is 4.23. The molecule has 18 heavy (non-hydrogen) atoms. The molecule has 0 saturated carbocycles. The standard InChI is InChI=1S/C15H14N2O/c16-10-9-12-7-4-8-13-14(17-18-15(12)13)11-5-2-1-3-6-11/h1-8H,9-10,16H2. The highest BCUT2D eigenvalue weighted by molar-refractivity contribution is 5.93. The molecule has 3 heteroatoms. The van der Waals surface area contributed by atoms with Crippen molar-refractivity contribution in [2.45, 2.75) is 6.42 Å². The topological polar surface area (TPSA) is 52.0 Å². The molecule has 0 aliphatic heterocycles. The number of nitrogens with two attached hydrogens (primary N) is 1. The number of benzene rings is 2. The molecule has 0 saturated heterocycles. The lowest BCUT2D eigenvalue weighted by Crippen LogP contribution is -2.02. The lowest BCUT2D eigenvalue weighted by molar-refractivity contribution is 0.457. The van der Waals surface area contributed by atoms with Crippen molar-refractivity contribution >= 4 is 11.0 Å². The second kappa shape index (κ2) is 4.63. The van der Waals surface area contributed by atoms with Crippen LogP contribution in [0.25, 0.3) is 22.2 Å². The quantitative estimate of drug-likeness (QED) is 0.763. The summed E-state index contributed by atoms with van der Waals surface area (Å²) in [7, 11) is 0. The van der Waals surface area contributed by atoms with E-state index in [2.05, 4.69) is 5.16 Å². The number of fused-ring (bicyclic) bond motifs is 1. The Labute approximate surface area is 105 Å². The van der Waals surface area contributed by atoms with Crippen LogP contribution in [0.15, 0.2) is 53.1 Å². The monoisotopic (exact) mass is 238 g/mol. The van der Waals surface area contributed by atoms with Crippen LogP contribution in [0.5, 0.6) is 0 Å². The smallest absolute Gasteiger partial charge is 0.170 e. The Balaban J connectivity index is 2.18. The van der Waals surface area contributed by atoms with Crippen LogP contribution in [-0.2, 0) is 6.42 Å². The van der Waals surface area contributed by atoms with Crippen LogP contribution in [0.4, 0.5) is 0 Å². The SMILES string of the molecule is NCCc1cccc2c(-c3ccccc3)noc12. The predicted octanol–water partition coefficient (Wildman–Crippen LogP) is 3.00. The molecule has 0 aliphatic carbocycles. The average Bonchev–Trinajstić information content (AvgIpc) is 2.85. The molecule has 0 atom stereocenters. The number of para-hydroxylation sites is 1. The third-order valence-corrected chi connectivity index (χ3v) is 3.04. The van der Waals surface area contributed by atoms with Crippen molar-refractivity contribution in [3.8, 4) is 11.3 Å². The van der Waals surface area contributed by atoms with E-state index >= 15 is 0 Å². The number of hydrogen-bond donors (Lipinski definition) is 1. The first kappa shape index (κ1) is 11.0. The zero-order valence-corrected chi connectivity index (χ0v) is 9.97. The molecule has 0 amide bonds. The molecule has 2 aromatic carbocycles. The van der Waals surface area contributed by atoms with Gasteiger partial charge < -0.3 is 10.3 Å². The number of hydrogen-bond acceptors (Lipinski definition) is 3. The van der Waals surface area contributed by atoms with Gasteiger partial charge in [-0.2, -0.15) is 0 Å². The first-order valence-corrected chi connectivity index (χ1v) is 6.03. The van der Waals surface area contributed by atoms with Crippen LogP contribution >= 0.6 is 0 Å². The molecule has 0 aliphatic rings. The van der Waals surface area contributed by atoms with E-state index in [1.807, 2.05) is 48.5 Å². The van der Waals surface area contributed by atoms with Crippen LogP contribution in [0.2, 0.25) is 0 Å².